The van der Waals surface area contributed by atoms with E-state index in [0.717, 1.165) is 44.9 Å². The van der Waals surface area contributed by atoms with E-state index in [1.807, 2.05) is 0 Å². The Balaban J connectivity index is 2.34. The maximum absolute atomic E-state index is 13.0. The van der Waals surface area contributed by atoms with Crippen molar-refractivity contribution in [2.24, 2.45) is 0 Å². The minimum absolute atomic E-state index is 0.161. The van der Waals surface area contributed by atoms with Gasteiger partial charge in [0.15, 0.2) is 6.29 Å². The van der Waals surface area contributed by atoms with Gasteiger partial charge in [0.25, 0.3) is 0 Å². The number of nitrogens with one attached hydrogen (secondary N) is 1. The van der Waals surface area contributed by atoms with Crippen molar-refractivity contribution in [3.63, 3.8) is 0 Å². The molecule has 0 aromatic carbocycles. The second-order valence-corrected chi connectivity index (χ2v) is 17.6. The molecule has 9 heteroatoms. The Bertz CT molecular complexity index is 1090. The first-order valence-corrected chi connectivity index (χ1v) is 25.3. The molecule has 7 atom stereocenters. The van der Waals surface area contributed by atoms with E-state index in [1.165, 1.54) is 141 Å². The average molecular weight is 862 g/mol. The molecule has 1 aliphatic rings. The molecular weight excluding hydrogens is 767 g/mol. The third kappa shape index (κ3) is 32.5. The molecule has 1 rings (SSSR count). The lowest BCUT2D eigenvalue weighted by Gasteiger charge is -2.40. The Labute approximate surface area is 373 Å². The van der Waals surface area contributed by atoms with Crippen LogP contribution in [-0.2, 0) is 14.3 Å². The van der Waals surface area contributed by atoms with Crippen molar-refractivity contribution in [2.75, 3.05) is 13.2 Å². The smallest absolute Gasteiger partial charge is 0.220 e. The molecule has 61 heavy (non-hydrogen) atoms. The number of carbonyl (C=O) groups excluding carboxylic acids is 1. The highest BCUT2D eigenvalue weighted by molar-refractivity contribution is 5.76. The van der Waals surface area contributed by atoms with Gasteiger partial charge < -0.3 is 40.3 Å². The molecule has 9 nitrogen and oxygen atoms in total. The van der Waals surface area contributed by atoms with E-state index in [2.05, 4.69) is 67.8 Å². The lowest BCUT2D eigenvalue weighted by Crippen LogP contribution is -2.60. The highest BCUT2D eigenvalue weighted by atomic mass is 16.7. The summed E-state index contributed by atoms with van der Waals surface area (Å²) in [6, 6.07) is -0.749. The molecule has 0 aromatic heterocycles. The first-order chi connectivity index (χ1) is 29.8. The number of aliphatic hydroxyl groups excluding tert-OH is 5. The van der Waals surface area contributed by atoms with Gasteiger partial charge in [-0.05, 0) is 51.4 Å². The van der Waals surface area contributed by atoms with Gasteiger partial charge in [0.1, 0.15) is 24.4 Å². The van der Waals surface area contributed by atoms with Crippen molar-refractivity contribution in [2.45, 2.75) is 262 Å². The van der Waals surface area contributed by atoms with Crippen LogP contribution < -0.4 is 5.32 Å². The number of carbonyl (C=O) groups is 1. The van der Waals surface area contributed by atoms with Gasteiger partial charge in [-0.3, -0.25) is 4.79 Å². The number of ether oxygens (including phenoxy) is 2. The quantitative estimate of drug-likeness (QED) is 0.0262. The topological polar surface area (TPSA) is 149 Å². The third-order valence-electron chi connectivity index (χ3n) is 11.9. The van der Waals surface area contributed by atoms with Crippen LogP contribution in [0.15, 0.2) is 48.6 Å². The monoisotopic (exact) mass is 862 g/mol. The van der Waals surface area contributed by atoms with Crippen molar-refractivity contribution in [1.82, 2.24) is 5.32 Å². The summed E-state index contributed by atoms with van der Waals surface area (Å²) in [7, 11) is 0. The molecule has 0 radical (unpaired) electrons. The molecule has 1 amide bonds. The molecule has 1 aliphatic heterocycles. The zero-order chi connectivity index (χ0) is 44.4. The normalized spacial score (nSPS) is 20.8. The fraction of sp³-hybridized carbons (Fsp3) is 0.827. The summed E-state index contributed by atoms with van der Waals surface area (Å²) in [4.78, 5) is 13.0. The van der Waals surface area contributed by atoms with E-state index in [4.69, 9.17) is 9.47 Å². The van der Waals surface area contributed by atoms with Crippen molar-refractivity contribution in [3.8, 4) is 0 Å². The van der Waals surface area contributed by atoms with E-state index in [9.17, 15) is 30.3 Å². The Morgan fingerprint density at radius 1 is 0.557 bits per heavy atom. The van der Waals surface area contributed by atoms with Crippen LogP contribution in [0.5, 0.6) is 0 Å². The largest absolute Gasteiger partial charge is 0.394 e. The fourth-order valence-electron chi connectivity index (χ4n) is 7.86. The maximum Gasteiger partial charge on any atom is 0.220 e. The standard InChI is InChI=1S/C52H95NO8/c1-3-5-7-9-11-13-15-17-19-21-22-23-24-26-28-30-32-34-36-38-40-42-48(56)53-45(44-60-52-51(59)50(58)49(57)47(43-54)61-52)46(55)41-39-37-35-33-31-29-27-25-20-18-16-14-12-10-8-6-4-2/h19,21,23-24,28,30,34,36,45-47,49-52,54-55,57-59H,3-18,20,22,25-27,29,31-33,35,37-44H2,1-2H3,(H,53,56)/b21-19+,24-23+,30-28+,36-34+/t45-,46+,47-,49-,50?,51?,52-/m0/s1. The number of amides is 1. The molecule has 1 fully saturated rings. The van der Waals surface area contributed by atoms with Crippen LogP contribution in [0.3, 0.4) is 0 Å². The summed E-state index contributed by atoms with van der Waals surface area (Å²) >= 11 is 0. The van der Waals surface area contributed by atoms with E-state index < -0.39 is 49.5 Å². The van der Waals surface area contributed by atoms with Gasteiger partial charge in [-0.15, -0.1) is 0 Å². The number of rotatable bonds is 42. The number of aliphatic hydroxyl groups is 5. The van der Waals surface area contributed by atoms with Crippen LogP contribution in [0.4, 0.5) is 0 Å². The Kier molecular flexibility index (Phi) is 39.5. The minimum Gasteiger partial charge on any atom is -0.394 e. The number of unbranched alkanes of at least 4 members (excludes halogenated alkanes) is 24. The predicted molar refractivity (Wildman–Crippen MR) is 253 cm³/mol. The molecule has 356 valence electrons. The van der Waals surface area contributed by atoms with Gasteiger partial charge in [0.2, 0.25) is 5.91 Å². The van der Waals surface area contributed by atoms with Crippen molar-refractivity contribution in [3.05, 3.63) is 48.6 Å². The van der Waals surface area contributed by atoms with E-state index in [1.54, 1.807) is 0 Å². The number of allylic oxidation sites excluding steroid dienone is 8. The summed E-state index contributed by atoms with van der Waals surface area (Å²) < 4.78 is 11.3. The number of hydrogen-bond acceptors (Lipinski definition) is 8. The zero-order valence-corrected chi connectivity index (χ0v) is 39.2. The van der Waals surface area contributed by atoms with E-state index in [-0.39, 0.29) is 12.5 Å². The summed E-state index contributed by atoms with van der Waals surface area (Å²) in [6.07, 6.45) is 47.0. The van der Waals surface area contributed by atoms with Crippen molar-refractivity contribution >= 4 is 5.91 Å². The average Bonchev–Trinajstić information content (AvgIpc) is 3.26. The van der Waals surface area contributed by atoms with Gasteiger partial charge in [0.05, 0.1) is 25.4 Å². The van der Waals surface area contributed by atoms with Crippen LogP contribution in [-0.4, -0.2) is 87.5 Å². The third-order valence-corrected chi connectivity index (χ3v) is 11.9. The summed E-state index contributed by atoms with van der Waals surface area (Å²) in [6.45, 7) is 3.81. The minimum atomic E-state index is -1.56. The Morgan fingerprint density at radius 2 is 0.967 bits per heavy atom. The first kappa shape index (κ1) is 57.2. The molecule has 0 saturated carbocycles. The van der Waals surface area contributed by atoms with E-state index >= 15 is 0 Å². The molecule has 1 saturated heterocycles. The van der Waals surface area contributed by atoms with Crippen molar-refractivity contribution < 1.29 is 39.8 Å². The van der Waals surface area contributed by atoms with Gasteiger partial charge in [-0.25, -0.2) is 0 Å². The summed E-state index contributed by atoms with van der Waals surface area (Å²) in [5.74, 6) is -0.198. The maximum atomic E-state index is 13.0. The van der Waals surface area contributed by atoms with E-state index in [0.29, 0.717) is 19.3 Å². The molecular formula is C52H95NO8. The lowest BCUT2D eigenvalue weighted by atomic mass is 9.99. The second kappa shape index (κ2) is 42.1. The summed E-state index contributed by atoms with van der Waals surface area (Å²) in [5.41, 5.74) is 0. The molecule has 1 heterocycles. The Hall–Kier alpha value is -1.85. The molecule has 0 aliphatic carbocycles. The second-order valence-electron chi connectivity index (χ2n) is 17.6. The zero-order valence-electron chi connectivity index (χ0n) is 39.2. The molecule has 0 aromatic rings. The SMILES string of the molecule is CCCCCCCCC/C=C/C/C=C/C/C=C/C/C=C/CCCC(=O)N[C@@H](CO[C@H]1O[C@@H](CO)[C@H](O)C(O)C1O)[C@H](O)CCCCCCCCCCCCCCCCCCC. The fourth-order valence-corrected chi connectivity index (χ4v) is 7.86. The van der Waals surface area contributed by atoms with Gasteiger partial charge >= 0.3 is 0 Å². The van der Waals surface area contributed by atoms with Crippen LogP contribution >= 0.6 is 0 Å². The molecule has 6 N–H and O–H groups in total. The first-order valence-electron chi connectivity index (χ1n) is 25.3. The number of hydrogen-bond donors (Lipinski definition) is 6. The van der Waals surface area contributed by atoms with Gasteiger partial charge in [0, 0.05) is 6.42 Å². The van der Waals surface area contributed by atoms with Crippen LogP contribution in [0.1, 0.15) is 219 Å². The van der Waals surface area contributed by atoms with Gasteiger partial charge in [-0.2, -0.15) is 0 Å². The molecule has 0 bridgehead atoms. The van der Waals surface area contributed by atoms with Crippen molar-refractivity contribution in [1.29, 1.82) is 0 Å². The van der Waals surface area contributed by atoms with Crippen LogP contribution in [0.25, 0.3) is 0 Å². The van der Waals surface area contributed by atoms with Crippen LogP contribution in [0, 0.1) is 0 Å². The molecule has 0 spiro atoms. The highest BCUT2D eigenvalue weighted by Crippen LogP contribution is 2.23. The Morgan fingerprint density at radius 3 is 1.43 bits per heavy atom. The summed E-state index contributed by atoms with van der Waals surface area (Å²) in [5, 5.41) is 54.4. The molecule has 2 unspecified atom stereocenters. The van der Waals surface area contributed by atoms with Gasteiger partial charge in [-0.1, -0.05) is 210 Å². The highest BCUT2D eigenvalue weighted by Gasteiger charge is 2.44. The van der Waals surface area contributed by atoms with Crippen LogP contribution in [0.2, 0.25) is 0 Å². The lowest BCUT2D eigenvalue weighted by molar-refractivity contribution is -0.302. The predicted octanol–water partition coefficient (Wildman–Crippen LogP) is 11.4.